The Morgan fingerprint density at radius 1 is 1.42 bits per heavy atom. The van der Waals surface area contributed by atoms with Crippen LogP contribution in [0.5, 0.6) is 0 Å². The van der Waals surface area contributed by atoms with E-state index in [1.165, 1.54) is 8.96 Å². The van der Waals surface area contributed by atoms with Gasteiger partial charge >= 0.3 is 0 Å². The molecule has 1 N–H and O–H groups in total. The minimum Gasteiger partial charge on any atom is -0.360 e. The Bertz CT molecular complexity index is 433. The maximum absolute atomic E-state index is 10.4. The molecule has 2 aromatic rings. The molecule has 0 unspecified atom stereocenters. The first-order valence-electron chi connectivity index (χ1n) is 3.53. The topological polar surface area (TPSA) is 32.9 Å². The number of hydrogen-bond donors (Lipinski definition) is 1. The van der Waals surface area contributed by atoms with Crippen LogP contribution in [0, 0.1) is 3.57 Å². The first-order chi connectivity index (χ1) is 5.81. The van der Waals surface area contributed by atoms with Crippen LogP contribution in [0.4, 0.5) is 0 Å². The molecule has 1 aromatic heterocycles. The van der Waals surface area contributed by atoms with Crippen molar-refractivity contribution in [2.75, 3.05) is 0 Å². The van der Waals surface area contributed by atoms with Gasteiger partial charge in [-0.2, -0.15) is 0 Å². The van der Waals surface area contributed by atoms with Gasteiger partial charge in [0.25, 0.3) is 0 Å². The Labute approximate surface area is 83.1 Å². The third-order valence-electron chi connectivity index (χ3n) is 1.79. The van der Waals surface area contributed by atoms with Crippen molar-refractivity contribution in [1.29, 1.82) is 0 Å². The Morgan fingerprint density at radius 3 is 3.00 bits per heavy atom. The fraction of sp³-hybridized carbons (Fsp3) is 0. The molecule has 0 spiro atoms. The molecule has 0 aliphatic heterocycles. The van der Waals surface area contributed by atoms with Gasteiger partial charge in [0.1, 0.15) is 6.29 Å². The van der Waals surface area contributed by atoms with Crippen LogP contribution in [0.25, 0.3) is 10.9 Å². The number of fused-ring (bicyclic) bond motifs is 1. The second-order valence-corrected chi connectivity index (χ2v) is 3.72. The summed E-state index contributed by atoms with van der Waals surface area (Å²) in [5.74, 6) is 0. The summed E-state index contributed by atoms with van der Waals surface area (Å²) in [6, 6.07) is 5.63. The highest BCUT2D eigenvalue weighted by atomic mass is 127. The van der Waals surface area contributed by atoms with Crippen molar-refractivity contribution in [1.82, 2.24) is 4.98 Å². The number of rotatable bonds is 1. The van der Waals surface area contributed by atoms with E-state index in [-0.39, 0.29) is 0 Å². The smallest absolute Gasteiger partial charge is 0.150 e. The number of aldehydes is 1. The predicted octanol–water partition coefficient (Wildman–Crippen LogP) is 2.58. The van der Waals surface area contributed by atoms with E-state index in [2.05, 4.69) is 27.6 Å². The molecule has 0 saturated heterocycles. The van der Waals surface area contributed by atoms with Gasteiger partial charge in [0, 0.05) is 26.2 Å². The number of H-pyrrole nitrogens is 1. The summed E-state index contributed by atoms with van der Waals surface area (Å²) < 4.78 is 1.18. The van der Waals surface area contributed by atoms with Gasteiger partial charge in [-0.05, 0) is 28.7 Å². The van der Waals surface area contributed by atoms with Crippen LogP contribution in [0.3, 0.4) is 0 Å². The van der Waals surface area contributed by atoms with Gasteiger partial charge in [-0.3, -0.25) is 4.79 Å². The SMILES string of the molecule is O=Cc1ccc2c(I)c[nH]c2c1. The molecule has 3 heteroatoms. The molecule has 1 aromatic carbocycles. The average molecular weight is 271 g/mol. The standard InChI is InChI=1S/C9H6INO/c10-8-4-11-9-3-6(5-12)1-2-7(8)9/h1-5,11H. The zero-order chi connectivity index (χ0) is 8.55. The van der Waals surface area contributed by atoms with Crippen LogP contribution in [0.1, 0.15) is 10.4 Å². The maximum Gasteiger partial charge on any atom is 0.150 e. The lowest BCUT2D eigenvalue weighted by Crippen LogP contribution is -1.78. The average Bonchev–Trinajstić information content (AvgIpc) is 2.47. The van der Waals surface area contributed by atoms with Crippen molar-refractivity contribution < 1.29 is 4.79 Å². The number of benzene rings is 1. The van der Waals surface area contributed by atoms with Gasteiger partial charge in [-0.1, -0.05) is 12.1 Å². The van der Waals surface area contributed by atoms with Crippen molar-refractivity contribution >= 4 is 39.8 Å². The van der Waals surface area contributed by atoms with E-state index >= 15 is 0 Å². The monoisotopic (exact) mass is 271 g/mol. The van der Waals surface area contributed by atoms with E-state index in [4.69, 9.17) is 0 Å². The number of aromatic nitrogens is 1. The summed E-state index contributed by atoms with van der Waals surface area (Å²) in [5, 5.41) is 1.17. The lowest BCUT2D eigenvalue weighted by molar-refractivity contribution is 0.112. The Morgan fingerprint density at radius 2 is 2.25 bits per heavy atom. The number of aromatic amines is 1. The van der Waals surface area contributed by atoms with Crippen molar-refractivity contribution in [2.24, 2.45) is 0 Å². The van der Waals surface area contributed by atoms with Gasteiger partial charge in [0.05, 0.1) is 0 Å². The number of hydrogen-bond acceptors (Lipinski definition) is 1. The minimum absolute atomic E-state index is 0.709. The summed E-state index contributed by atoms with van der Waals surface area (Å²) in [6.07, 6.45) is 2.78. The molecule has 0 amide bonds. The van der Waals surface area contributed by atoms with E-state index in [0.29, 0.717) is 5.56 Å². The minimum atomic E-state index is 0.709. The van der Waals surface area contributed by atoms with E-state index in [1.54, 1.807) is 0 Å². The molecule has 60 valence electrons. The number of carbonyl (C=O) groups excluding carboxylic acids is 1. The van der Waals surface area contributed by atoms with Crippen molar-refractivity contribution in [3.63, 3.8) is 0 Å². The van der Waals surface area contributed by atoms with Crippen molar-refractivity contribution in [3.8, 4) is 0 Å². The Balaban J connectivity index is 2.77. The second-order valence-electron chi connectivity index (χ2n) is 2.56. The van der Waals surface area contributed by atoms with Crippen LogP contribution in [0.2, 0.25) is 0 Å². The fourth-order valence-electron chi connectivity index (χ4n) is 1.18. The highest BCUT2D eigenvalue weighted by Gasteiger charge is 2.00. The fourth-order valence-corrected chi connectivity index (χ4v) is 1.81. The van der Waals surface area contributed by atoms with Crippen LogP contribution in [-0.2, 0) is 0 Å². The summed E-state index contributed by atoms with van der Waals surface area (Å²) in [4.78, 5) is 13.5. The van der Waals surface area contributed by atoms with Gasteiger partial charge < -0.3 is 4.98 Å². The predicted molar refractivity (Wildman–Crippen MR) is 56.4 cm³/mol. The molecule has 0 fully saturated rings. The van der Waals surface area contributed by atoms with E-state index < -0.39 is 0 Å². The molecule has 0 atom stereocenters. The van der Waals surface area contributed by atoms with Crippen LogP contribution in [0.15, 0.2) is 24.4 Å². The molecule has 1 heterocycles. The van der Waals surface area contributed by atoms with E-state index in [9.17, 15) is 4.79 Å². The normalized spacial score (nSPS) is 10.4. The zero-order valence-corrected chi connectivity index (χ0v) is 8.33. The maximum atomic E-state index is 10.4. The molecule has 0 saturated carbocycles. The highest BCUT2D eigenvalue weighted by Crippen LogP contribution is 2.20. The molecule has 0 aliphatic carbocycles. The van der Waals surface area contributed by atoms with Crippen LogP contribution < -0.4 is 0 Å². The molecular weight excluding hydrogens is 265 g/mol. The summed E-state index contributed by atoms with van der Waals surface area (Å²) in [7, 11) is 0. The summed E-state index contributed by atoms with van der Waals surface area (Å²) >= 11 is 2.26. The molecule has 0 aliphatic rings. The van der Waals surface area contributed by atoms with Crippen molar-refractivity contribution in [3.05, 3.63) is 33.5 Å². The molecule has 2 rings (SSSR count). The quantitative estimate of drug-likeness (QED) is 0.627. The van der Waals surface area contributed by atoms with Crippen LogP contribution in [-0.4, -0.2) is 11.3 Å². The molecular formula is C9H6INO. The summed E-state index contributed by atoms with van der Waals surface area (Å²) in [6.45, 7) is 0. The highest BCUT2D eigenvalue weighted by molar-refractivity contribution is 14.1. The number of nitrogens with one attached hydrogen (secondary N) is 1. The Kier molecular flexibility index (Phi) is 1.88. The Hall–Kier alpha value is -0.840. The van der Waals surface area contributed by atoms with Crippen LogP contribution >= 0.6 is 22.6 Å². The second kappa shape index (κ2) is 2.90. The first-order valence-corrected chi connectivity index (χ1v) is 4.61. The third kappa shape index (κ3) is 1.14. The van der Waals surface area contributed by atoms with Gasteiger partial charge in [-0.15, -0.1) is 0 Å². The molecule has 2 nitrogen and oxygen atoms in total. The first kappa shape index (κ1) is 7.79. The van der Waals surface area contributed by atoms with Crippen molar-refractivity contribution in [2.45, 2.75) is 0 Å². The van der Waals surface area contributed by atoms with E-state index in [1.807, 2.05) is 24.4 Å². The molecule has 0 bridgehead atoms. The summed E-state index contributed by atoms with van der Waals surface area (Å²) in [5.41, 5.74) is 1.73. The third-order valence-corrected chi connectivity index (χ3v) is 2.68. The van der Waals surface area contributed by atoms with Gasteiger partial charge in [0.2, 0.25) is 0 Å². The zero-order valence-electron chi connectivity index (χ0n) is 6.17. The number of carbonyl (C=O) groups is 1. The lowest BCUT2D eigenvalue weighted by atomic mass is 10.2. The van der Waals surface area contributed by atoms with Gasteiger partial charge in [-0.25, -0.2) is 0 Å². The largest absolute Gasteiger partial charge is 0.360 e. The lowest BCUT2D eigenvalue weighted by Gasteiger charge is -1.91. The molecule has 0 radical (unpaired) electrons. The number of halogens is 1. The molecule has 12 heavy (non-hydrogen) atoms. The van der Waals surface area contributed by atoms with E-state index in [0.717, 1.165) is 11.8 Å². The van der Waals surface area contributed by atoms with Gasteiger partial charge in [0.15, 0.2) is 0 Å².